The van der Waals surface area contributed by atoms with Crippen molar-refractivity contribution in [2.75, 3.05) is 0 Å². The number of amides is 1. The smallest absolute Gasteiger partial charge is 0.353 e. The lowest BCUT2D eigenvalue weighted by Gasteiger charge is -2.45. The van der Waals surface area contributed by atoms with Crippen LogP contribution in [0.4, 0.5) is 0 Å². The quantitative estimate of drug-likeness (QED) is 0.865. The molecule has 1 amide bonds. The number of aliphatic carboxylic acids is 1. The molecule has 2 unspecified atom stereocenters. The average Bonchev–Trinajstić information content (AvgIpc) is 2.74. The lowest BCUT2D eigenvalue weighted by molar-refractivity contribution is -0.157. The largest absolute Gasteiger partial charge is 0.477 e. The number of carbonyl (C=O) groups excluding carboxylic acids is 1. The van der Waals surface area contributed by atoms with Crippen molar-refractivity contribution in [1.82, 2.24) is 9.88 Å². The summed E-state index contributed by atoms with van der Waals surface area (Å²) in [6, 6.07) is 5.52. The Morgan fingerprint density at radius 1 is 1.48 bits per heavy atom. The van der Waals surface area contributed by atoms with E-state index in [-0.39, 0.29) is 29.5 Å². The second-order valence-electron chi connectivity index (χ2n) is 5.60. The summed E-state index contributed by atoms with van der Waals surface area (Å²) >= 11 is 1.34. The molecular formula is C15H16N2O3S. The first-order chi connectivity index (χ1) is 10.0. The minimum absolute atomic E-state index is 0.00480. The van der Waals surface area contributed by atoms with E-state index >= 15 is 0 Å². The molecular weight excluding hydrogens is 288 g/mol. The van der Waals surface area contributed by atoms with Gasteiger partial charge in [-0.25, -0.2) is 9.78 Å². The van der Waals surface area contributed by atoms with E-state index in [1.165, 1.54) is 16.7 Å². The molecule has 21 heavy (non-hydrogen) atoms. The van der Waals surface area contributed by atoms with Crippen molar-refractivity contribution in [2.45, 2.75) is 31.3 Å². The van der Waals surface area contributed by atoms with Crippen molar-refractivity contribution >= 4 is 23.6 Å². The predicted molar refractivity (Wildman–Crippen MR) is 78.3 cm³/mol. The molecule has 1 saturated heterocycles. The van der Waals surface area contributed by atoms with Gasteiger partial charge in [-0.1, -0.05) is 31.7 Å². The van der Waals surface area contributed by atoms with Gasteiger partial charge in [0.05, 0.1) is 12.0 Å². The first-order valence-corrected chi connectivity index (χ1v) is 7.70. The van der Waals surface area contributed by atoms with Crippen LogP contribution in [0, 0.1) is 11.8 Å². The number of rotatable bonds is 4. The van der Waals surface area contributed by atoms with Gasteiger partial charge in [0.1, 0.15) is 10.7 Å². The van der Waals surface area contributed by atoms with E-state index in [0.29, 0.717) is 6.42 Å². The molecule has 2 aliphatic heterocycles. The molecule has 5 nitrogen and oxygen atoms in total. The maximum absolute atomic E-state index is 12.2. The summed E-state index contributed by atoms with van der Waals surface area (Å²) in [5.41, 5.74) is 0.137. The third-order valence-electron chi connectivity index (χ3n) is 3.95. The molecule has 1 aromatic rings. The molecule has 2 atom stereocenters. The molecule has 1 fully saturated rings. The lowest BCUT2D eigenvalue weighted by Crippen LogP contribution is -2.60. The van der Waals surface area contributed by atoms with Gasteiger partial charge < -0.3 is 10.0 Å². The molecule has 1 aromatic heterocycles. The summed E-state index contributed by atoms with van der Waals surface area (Å²) in [5, 5.41) is 10.2. The molecule has 0 aliphatic carbocycles. The maximum Gasteiger partial charge on any atom is 0.353 e. The molecule has 0 saturated carbocycles. The number of carbonyl (C=O) groups is 2. The molecule has 1 N–H and O–H groups in total. The van der Waals surface area contributed by atoms with Crippen molar-refractivity contribution < 1.29 is 14.7 Å². The molecule has 3 rings (SSSR count). The van der Waals surface area contributed by atoms with Crippen molar-refractivity contribution in [3.8, 4) is 0 Å². The molecule has 3 heterocycles. The van der Waals surface area contributed by atoms with Crippen molar-refractivity contribution in [3.05, 3.63) is 35.0 Å². The Hall–Kier alpha value is -1.82. The van der Waals surface area contributed by atoms with Crippen molar-refractivity contribution in [3.63, 3.8) is 0 Å². The Morgan fingerprint density at radius 2 is 2.24 bits per heavy atom. The lowest BCUT2D eigenvalue weighted by atomic mass is 9.79. The van der Waals surface area contributed by atoms with Crippen LogP contribution in [0.25, 0.3) is 0 Å². The summed E-state index contributed by atoms with van der Waals surface area (Å²) in [6.07, 6.45) is 2.28. The fourth-order valence-corrected chi connectivity index (χ4v) is 4.11. The minimum atomic E-state index is -1.04. The molecule has 0 bridgehead atoms. The van der Waals surface area contributed by atoms with Gasteiger partial charge in [0.25, 0.3) is 0 Å². The Bertz CT molecular complexity index is 627. The highest BCUT2D eigenvalue weighted by molar-refractivity contribution is 8.03. The molecule has 0 aromatic carbocycles. The Balaban J connectivity index is 1.89. The van der Waals surface area contributed by atoms with Gasteiger partial charge in [-0.15, -0.1) is 0 Å². The van der Waals surface area contributed by atoms with Crippen LogP contribution in [0.5, 0.6) is 0 Å². The first kappa shape index (κ1) is 14.1. The predicted octanol–water partition coefficient (Wildman–Crippen LogP) is 2.36. The van der Waals surface area contributed by atoms with E-state index in [1.54, 1.807) is 6.20 Å². The zero-order valence-corrected chi connectivity index (χ0v) is 12.6. The van der Waals surface area contributed by atoms with Gasteiger partial charge >= 0.3 is 5.97 Å². The summed E-state index contributed by atoms with van der Waals surface area (Å²) in [5.74, 6) is -0.940. The highest BCUT2D eigenvalue weighted by atomic mass is 32.2. The number of hydrogen-bond donors (Lipinski definition) is 1. The summed E-state index contributed by atoms with van der Waals surface area (Å²) < 4.78 is 0. The summed E-state index contributed by atoms with van der Waals surface area (Å²) in [6.45, 7) is 4.01. The van der Waals surface area contributed by atoms with Crippen LogP contribution in [0.2, 0.25) is 0 Å². The molecule has 2 aliphatic rings. The molecule has 6 heteroatoms. The third-order valence-corrected chi connectivity index (χ3v) is 5.01. The topological polar surface area (TPSA) is 70.5 Å². The number of carboxylic acid groups (broad SMARTS) is 1. The van der Waals surface area contributed by atoms with Crippen molar-refractivity contribution in [2.24, 2.45) is 11.8 Å². The van der Waals surface area contributed by atoms with Crippen molar-refractivity contribution in [1.29, 1.82) is 0 Å². The SMILES string of the molecule is CC(C)C1C(=O)N2C(C(=O)O)=C(Sc3ccccn3)CC12. The van der Waals surface area contributed by atoms with E-state index in [1.807, 2.05) is 32.0 Å². The van der Waals surface area contributed by atoms with Crippen LogP contribution in [-0.4, -0.2) is 32.9 Å². The number of hydrogen-bond acceptors (Lipinski definition) is 4. The van der Waals surface area contributed by atoms with Gasteiger partial charge in [0, 0.05) is 17.5 Å². The Morgan fingerprint density at radius 3 is 2.81 bits per heavy atom. The molecule has 0 spiro atoms. The summed E-state index contributed by atoms with van der Waals surface area (Å²) in [4.78, 5) is 30.1. The van der Waals surface area contributed by atoms with Gasteiger partial charge in [0.2, 0.25) is 5.91 Å². The number of fused-ring (bicyclic) bond motifs is 1. The summed E-state index contributed by atoms with van der Waals surface area (Å²) in [7, 11) is 0. The van der Waals surface area contributed by atoms with E-state index in [4.69, 9.17) is 0 Å². The van der Waals surface area contributed by atoms with Crippen LogP contribution in [0.1, 0.15) is 20.3 Å². The van der Waals surface area contributed by atoms with E-state index in [9.17, 15) is 14.7 Å². The fraction of sp³-hybridized carbons (Fsp3) is 0.400. The zero-order valence-electron chi connectivity index (χ0n) is 11.8. The van der Waals surface area contributed by atoms with Gasteiger partial charge in [-0.05, 0) is 18.1 Å². The van der Waals surface area contributed by atoms with Crippen LogP contribution < -0.4 is 0 Å². The standard InChI is InChI=1S/C15H16N2O3S/c1-8(2)12-9-7-10(21-11-5-3-4-6-16-11)13(15(19)20)17(9)14(12)18/h3-6,8-9,12H,7H2,1-2H3,(H,19,20). The normalized spacial score (nSPS) is 24.3. The van der Waals surface area contributed by atoms with Crippen LogP contribution >= 0.6 is 11.8 Å². The second-order valence-corrected chi connectivity index (χ2v) is 6.71. The number of aromatic nitrogens is 1. The first-order valence-electron chi connectivity index (χ1n) is 6.89. The van der Waals surface area contributed by atoms with E-state index in [0.717, 1.165) is 9.93 Å². The highest BCUT2D eigenvalue weighted by Gasteiger charge is 2.56. The van der Waals surface area contributed by atoms with Gasteiger partial charge in [-0.2, -0.15) is 0 Å². The fourth-order valence-electron chi connectivity index (χ4n) is 3.06. The molecule has 110 valence electrons. The average molecular weight is 304 g/mol. The second kappa shape index (κ2) is 5.18. The highest BCUT2D eigenvalue weighted by Crippen LogP contribution is 2.49. The van der Waals surface area contributed by atoms with Crippen LogP contribution in [0.15, 0.2) is 40.0 Å². The Labute approximate surface area is 127 Å². The number of nitrogens with zero attached hydrogens (tertiary/aromatic N) is 2. The Kier molecular flexibility index (Phi) is 3.49. The number of β-lactam (4-membered cyclic amide) rings is 1. The molecule has 0 radical (unpaired) electrons. The van der Waals surface area contributed by atoms with E-state index in [2.05, 4.69) is 4.98 Å². The zero-order chi connectivity index (χ0) is 15.1. The van der Waals surface area contributed by atoms with Crippen LogP contribution in [-0.2, 0) is 9.59 Å². The number of carboxylic acids is 1. The third kappa shape index (κ3) is 2.23. The van der Waals surface area contributed by atoms with Gasteiger partial charge in [0.15, 0.2) is 0 Å². The van der Waals surface area contributed by atoms with E-state index < -0.39 is 5.97 Å². The van der Waals surface area contributed by atoms with Crippen LogP contribution in [0.3, 0.4) is 0 Å². The minimum Gasteiger partial charge on any atom is -0.477 e. The van der Waals surface area contributed by atoms with Gasteiger partial charge in [-0.3, -0.25) is 4.79 Å². The number of pyridine rings is 1. The maximum atomic E-state index is 12.2. The monoisotopic (exact) mass is 304 g/mol. The number of thioether (sulfide) groups is 1.